The Bertz CT molecular complexity index is 1250. The van der Waals surface area contributed by atoms with Crippen LogP contribution in [0, 0.1) is 0 Å². The van der Waals surface area contributed by atoms with E-state index in [4.69, 9.17) is 14.2 Å². The topological polar surface area (TPSA) is 102 Å². The molecule has 4 rings (SSSR count). The molecule has 7 nitrogen and oxygen atoms in total. The zero-order valence-electron chi connectivity index (χ0n) is 20.0. The molecule has 0 spiro atoms. The predicted octanol–water partition coefficient (Wildman–Crippen LogP) is 5.03. The molecule has 0 saturated carbocycles. The summed E-state index contributed by atoms with van der Waals surface area (Å²) in [6, 6.07) is 26.6. The summed E-state index contributed by atoms with van der Waals surface area (Å²) in [4.78, 5) is 25.0. The highest BCUT2D eigenvalue weighted by molar-refractivity contribution is 6.11. The molecule has 0 atom stereocenters. The maximum Gasteiger partial charge on any atom is 0.196 e. The van der Waals surface area contributed by atoms with Crippen LogP contribution in [0.25, 0.3) is 0 Å². The van der Waals surface area contributed by atoms with Gasteiger partial charge < -0.3 is 24.4 Å². The molecule has 0 aliphatic heterocycles. The molecule has 0 unspecified atom stereocenters. The Morgan fingerprint density at radius 3 is 1.32 bits per heavy atom. The van der Waals surface area contributed by atoms with E-state index in [2.05, 4.69) is 0 Å². The lowest BCUT2D eigenvalue weighted by Gasteiger charge is -2.11. The van der Waals surface area contributed by atoms with E-state index in [-0.39, 0.29) is 60.6 Å². The lowest BCUT2D eigenvalue weighted by Crippen LogP contribution is -2.12. The Morgan fingerprint density at radius 1 is 0.541 bits per heavy atom. The summed E-state index contributed by atoms with van der Waals surface area (Å²) in [7, 11) is 0. The summed E-state index contributed by atoms with van der Waals surface area (Å²) in [6.07, 6.45) is 0. The summed E-state index contributed by atoms with van der Waals surface area (Å²) in [5, 5.41) is 20.5. The fourth-order valence-corrected chi connectivity index (χ4v) is 3.62. The zero-order chi connectivity index (χ0) is 26.0. The molecule has 188 valence electrons. The van der Waals surface area contributed by atoms with Crippen molar-refractivity contribution in [3.8, 4) is 23.0 Å². The van der Waals surface area contributed by atoms with Crippen molar-refractivity contribution in [3.05, 3.63) is 119 Å². The maximum absolute atomic E-state index is 12.5. The highest BCUT2D eigenvalue weighted by atomic mass is 16.5. The Kier molecular flexibility index (Phi) is 8.52. The quantitative estimate of drug-likeness (QED) is 0.209. The van der Waals surface area contributed by atoms with E-state index in [9.17, 15) is 19.8 Å². The molecule has 0 fully saturated rings. The van der Waals surface area contributed by atoms with Gasteiger partial charge in [-0.3, -0.25) is 9.59 Å². The molecule has 0 bridgehead atoms. The van der Waals surface area contributed by atoms with E-state index in [1.165, 1.54) is 24.3 Å². The normalized spacial score (nSPS) is 10.6. The third-order valence-electron chi connectivity index (χ3n) is 5.49. The molecule has 7 heteroatoms. The smallest absolute Gasteiger partial charge is 0.196 e. The van der Waals surface area contributed by atoms with Crippen molar-refractivity contribution in [1.82, 2.24) is 0 Å². The number of phenols is 2. The van der Waals surface area contributed by atoms with E-state index in [0.29, 0.717) is 22.6 Å². The standard InChI is InChI=1S/C30H26O7/c31-27-19-23(11-13-25(27)29(33)21-7-3-1-4-8-21)36-17-15-35-16-18-37-24-12-14-26(28(32)20-24)30(34)22-9-5-2-6-10-22/h1-14,19-20,31-32H,15-18H2. The van der Waals surface area contributed by atoms with Gasteiger partial charge in [0, 0.05) is 23.3 Å². The van der Waals surface area contributed by atoms with Crippen molar-refractivity contribution in [2.45, 2.75) is 0 Å². The number of ketones is 2. The highest BCUT2D eigenvalue weighted by Gasteiger charge is 2.15. The van der Waals surface area contributed by atoms with Gasteiger partial charge in [-0.1, -0.05) is 60.7 Å². The van der Waals surface area contributed by atoms with Crippen molar-refractivity contribution >= 4 is 11.6 Å². The van der Waals surface area contributed by atoms with Crippen LogP contribution in [0.4, 0.5) is 0 Å². The Hall–Kier alpha value is -4.62. The molecular formula is C30H26O7. The number of phenolic OH excluding ortho intramolecular Hbond substituents is 2. The Balaban J connectivity index is 1.17. The zero-order valence-corrected chi connectivity index (χ0v) is 20.0. The lowest BCUT2D eigenvalue weighted by atomic mass is 10.0. The number of rotatable bonds is 12. The Labute approximate surface area is 214 Å². The Morgan fingerprint density at radius 2 is 0.946 bits per heavy atom. The second kappa shape index (κ2) is 12.4. The minimum absolute atomic E-state index is 0.152. The highest BCUT2D eigenvalue weighted by Crippen LogP contribution is 2.27. The first-order valence-electron chi connectivity index (χ1n) is 11.7. The first-order valence-corrected chi connectivity index (χ1v) is 11.7. The SMILES string of the molecule is O=C(c1ccccc1)c1ccc(OCCOCCOc2ccc(C(=O)c3ccccc3)c(O)c2)cc1O. The number of carbonyl (C=O) groups is 2. The number of benzene rings is 4. The van der Waals surface area contributed by atoms with Gasteiger partial charge in [-0.15, -0.1) is 0 Å². The van der Waals surface area contributed by atoms with E-state index >= 15 is 0 Å². The molecule has 0 radical (unpaired) electrons. The summed E-state index contributed by atoms with van der Waals surface area (Å²) in [6.45, 7) is 1.04. The molecule has 0 saturated heterocycles. The predicted molar refractivity (Wildman–Crippen MR) is 138 cm³/mol. The number of carbonyl (C=O) groups excluding carboxylic acids is 2. The van der Waals surface area contributed by atoms with Gasteiger partial charge in [0.1, 0.15) is 36.2 Å². The minimum Gasteiger partial charge on any atom is -0.507 e. The molecule has 0 amide bonds. The first kappa shape index (κ1) is 25.5. The van der Waals surface area contributed by atoms with Crippen molar-refractivity contribution in [2.75, 3.05) is 26.4 Å². The lowest BCUT2D eigenvalue weighted by molar-refractivity contribution is 0.0763. The summed E-state index contributed by atoms with van der Waals surface area (Å²) >= 11 is 0. The van der Waals surface area contributed by atoms with Crippen LogP contribution in [0.2, 0.25) is 0 Å². The largest absolute Gasteiger partial charge is 0.507 e. The van der Waals surface area contributed by atoms with E-state index < -0.39 is 0 Å². The van der Waals surface area contributed by atoms with Gasteiger partial charge in [0.15, 0.2) is 11.6 Å². The second-order valence-electron chi connectivity index (χ2n) is 8.06. The van der Waals surface area contributed by atoms with Gasteiger partial charge in [0.2, 0.25) is 0 Å². The van der Waals surface area contributed by atoms with Crippen LogP contribution >= 0.6 is 0 Å². The number of aromatic hydroxyl groups is 2. The minimum atomic E-state index is -0.265. The monoisotopic (exact) mass is 498 g/mol. The van der Waals surface area contributed by atoms with Crippen molar-refractivity contribution in [2.24, 2.45) is 0 Å². The van der Waals surface area contributed by atoms with Gasteiger partial charge in [-0.2, -0.15) is 0 Å². The van der Waals surface area contributed by atoms with Gasteiger partial charge >= 0.3 is 0 Å². The number of hydrogen-bond acceptors (Lipinski definition) is 7. The molecule has 4 aromatic carbocycles. The van der Waals surface area contributed by atoms with Gasteiger partial charge in [0.25, 0.3) is 0 Å². The van der Waals surface area contributed by atoms with Crippen LogP contribution < -0.4 is 9.47 Å². The third kappa shape index (κ3) is 6.74. The number of ether oxygens (including phenoxy) is 3. The summed E-state index contributed by atoms with van der Waals surface area (Å²) < 4.78 is 16.6. The first-order chi connectivity index (χ1) is 18.0. The molecule has 2 N–H and O–H groups in total. The van der Waals surface area contributed by atoms with Crippen molar-refractivity contribution < 1.29 is 34.0 Å². The van der Waals surface area contributed by atoms with Crippen LogP contribution in [-0.2, 0) is 4.74 Å². The molecule has 0 aromatic heterocycles. The van der Waals surface area contributed by atoms with Crippen molar-refractivity contribution in [3.63, 3.8) is 0 Å². The van der Waals surface area contributed by atoms with Crippen LogP contribution in [0.15, 0.2) is 97.1 Å². The maximum atomic E-state index is 12.5. The molecule has 0 aliphatic rings. The second-order valence-corrected chi connectivity index (χ2v) is 8.06. The number of hydrogen-bond donors (Lipinski definition) is 2. The van der Waals surface area contributed by atoms with Crippen LogP contribution in [-0.4, -0.2) is 48.2 Å². The average Bonchev–Trinajstić information content (AvgIpc) is 2.93. The van der Waals surface area contributed by atoms with E-state index in [1.807, 2.05) is 12.1 Å². The van der Waals surface area contributed by atoms with E-state index in [0.717, 1.165) is 0 Å². The average molecular weight is 499 g/mol. The fraction of sp³-hybridized carbons (Fsp3) is 0.133. The van der Waals surface area contributed by atoms with Gasteiger partial charge in [-0.25, -0.2) is 0 Å². The van der Waals surface area contributed by atoms with E-state index in [1.54, 1.807) is 60.7 Å². The van der Waals surface area contributed by atoms with Crippen molar-refractivity contribution in [1.29, 1.82) is 0 Å². The molecule has 4 aromatic rings. The third-order valence-corrected chi connectivity index (χ3v) is 5.49. The van der Waals surface area contributed by atoms with Crippen LogP contribution in [0.1, 0.15) is 31.8 Å². The molecule has 0 heterocycles. The van der Waals surface area contributed by atoms with Crippen LogP contribution in [0.3, 0.4) is 0 Å². The molecule has 0 aliphatic carbocycles. The molecule has 37 heavy (non-hydrogen) atoms. The van der Waals surface area contributed by atoms with Gasteiger partial charge in [-0.05, 0) is 24.3 Å². The summed E-state index contributed by atoms with van der Waals surface area (Å²) in [5.41, 5.74) is 1.40. The fourth-order valence-electron chi connectivity index (χ4n) is 3.62. The molecular weight excluding hydrogens is 472 g/mol. The van der Waals surface area contributed by atoms with Crippen LogP contribution in [0.5, 0.6) is 23.0 Å². The summed E-state index contributed by atoms with van der Waals surface area (Å²) in [5.74, 6) is 0.00319. The van der Waals surface area contributed by atoms with Gasteiger partial charge in [0.05, 0.1) is 24.3 Å².